The van der Waals surface area contributed by atoms with Crippen molar-refractivity contribution >= 4 is 35.8 Å². The lowest BCUT2D eigenvalue weighted by molar-refractivity contribution is -0.290. The molecule has 0 aliphatic carbocycles. The maximum Gasteiger partial charge on any atom is 0.407 e. The van der Waals surface area contributed by atoms with Gasteiger partial charge in [0.15, 0.2) is 12.4 Å². The molecule has 0 bridgehead atoms. The normalized spacial score (nSPS) is 22.8. The highest BCUT2D eigenvalue weighted by Gasteiger charge is 2.51. The Morgan fingerprint density at radius 1 is 0.925 bits per heavy atom. The summed E-state index contributed by atoms with van der Waals surface area (Å²) >= 11 is 0. The van der Waals surface area contributed by atoms with Gasteiger partial charge >= 0.3 is 24.0 Å². The fourth-order valence-corrected chi connectivity index (χ4v) is 3.57. The number of carbonyl (C=O) groups is 6. The van der Waals surface area contributed by atoms with Crippen molar-refractivity contribution < 1.29 is 67.4 Å². The number of primary amides is 1. The van der Waals surface area contributed by atoms with E-state index in [0.29, 0.717) is 6.42 Å². The number of aliphatic hydroxyl groups excluding tert-OH is 2. The van der Waals surface area contributed by atoms with Gasteiger partial charge in [0.25, 0.3) is 0 Å². The molecule has 3 amide bonds. The molecule has 17 heteroatoms. The van der Waals surface area contributed by atoms with E-state index in [4.69, 9.17) is 39.6 Å². The average Bonchev–Trinajstić information content (AvgIpc) is 2.86. The molecular formula is C23H37N3O14. The van der Waals surface area contributed by atoms with Gasteiger partial charge in [0.05, 0.1) is 12.5 Å². The third-order valence-electron chi connectivity index (χ3n) is 5.20. The van der Waals surface area contributed by atoms with Gasteiger partial charge in [-0.2, -0.15) is 0 Å². The van der Waals surface area contributed by atoms with Gasteiger partial charge in [-0.15, -0.1) is 0 Å². The molecule has 17 nitrogen and oxygen atoms in total. The van der Waals surface area contributed by atoms with Crippen molar-refractivity contribution in [1.82, 2.24) is 10.6 Å². The number of hydrogen-bond donors (Lipinski definition) is 5. The molecule has 0 unspecified atom stereocenters. The summed E-state index contributed by atoms with van der Waals surface area (Å²) in [5.41, 5.74) is 5.36. The van der Waals surface area contributed by atoms with E-state index in [2.05, 4.69) is 15.4 Å². The molecular weight excluding hydrogens is 542 g/mol. The SMILES string of the molecule is CC(=O)OC[C@H]1O[C@@H](OCC(=O)NCCCNC(=O)OC[C@H](O)CO)[C@H](CC(N)=O)[C@@H](OC(C)=O)[C@H]1OC(C)=O. The maximum atomic E-state index is 12.3. The molecule has 0 radical (unpaired) electrons. The molecule has 0 aromatic carbocycles. The lowest BCUT2D eigenvalue weighted by atomic mass is 9.87. The Hall–Kier alpha value is -3.54. The number of alkyl carbamates (subject to hydrolysis) is 1. The Labute approximate surface area is 229 Å². The van der Waals surface area contributed by atoms with Crippen molar-refractivity contribution in [2.45, 2.75) is 64.3 Å². The Kier molecular flexibility index (Phi) is 15.5. The van der Waals surface area contributed by atoms with Crippen LogP contribution in [0.2, 0.25) is 0 Å². The van der Waals surface area contributed by atoms with Crippen LogP contribution in [0.15, 0.2) is 0 Å². The summed E-state index contributed by atoms with van der Waals surface area (Å²) in [6.45, 7) is 1.66. The third-order valence-corrected chi connectivity index (χ3v) is 5.20. The van der Waals surface area contributed by atoms with Crippen LogP contribution in [-0.2, 0) is 52.4 Å². The zero-order valence-corrected chi connectivity index (χ0v) is 22.5. The smallest absolute Gasteiger partial charge is 0.407 e. The molecule has 6 N–H and O–H groups in total. The fourth-order valence-electron chi connectivity index (χ4n) is 3.57. The van der Waals surface area contributed by atoms with Crippen molar-refractivity contribution in [1.29, 1.82) is 0 Å². The highest BCUT2D eigenvalue weighted by atomic mass is 16.7. The highest BCUT2D eigenvalue weighted by Crippen LogP contribution is 2.34. The zero-order valence-electron chi connectivity index (χ0n) is 22.5. The third kappa shape index (κ3) is 13.5. The van der Waals surface area contributed by atoms with E-state index in [1.807, 2.05) is 0 Å². The zero-order chi connectivity index (χ0) is 30.2. The summed E-state index contributed by atoms with van der Waals surface area (Å²) in [4.78, 5) is 70.6. The number of esters is 3. The largest absolute Gasteiger partial charge is 0.463 e. The van der Waals surface area contributed by atoms with Crippen LogP contribution in [0, 0.1) is 5.92 Å². The molecule has 40 heavy (non-hydrogen) atoms. The molecule has 228 valence electrons. The molecule has 0 saturated carbocycles. The predicted molar refractivity (Wildman–Crippen MR) is 130 cm³/mol. The second-order valence-corrected chi connectivity index (χ2v) is 8.70. The van der Waals surface area contributed by atoms with E-state index in [1.165, 1.54) is 0 Å². The van der Waals surface area contributed by atoms with Crippen molar-refractivity contribution in [3.05, 3.63) is 0 Å². The van der Waals surface area contributed by atoms with Crippen LogP contribution >= 0.6 is 0 Å². The number of rotatable bonds is 16. The van der Waals surface area contributed by atoms with Crippen LogP contribution in [0.25, 0.3) is 0 Å². The van der Waals surface area contributed by atoms with Crippen LogP contribution < -0.4 is 16.4 Å². The Bertz CT molecular complexity index is 885. The van der Waals surface area contributed by atoms with Crippen LogP contribution in [0.3, 0.4) is 0 Å². The molecule has 1 aliphatic heterocycles. The van der Waals surface area contributed by atoms with Crippen LogP contribution in [-0.4, -0.2) is 116 Å². The molecule has 6 atom stereocenters. The van der Waals surface area contributed by atoms with Crippen molar-refractivity contribution in [3.8, 4) is 0 Å². The molecule has 0 aromatic heterocycles. The van der Waals surface area contributed by atoms with Gasteiger partial charge in [0.2, 0.25) is 11.8 Å². The first-order valence-corrected chi connectivity index (χ1v) is 12.3. The van der Waals surface area contributed by atoms with Gasteiger partial charge in [-0.1, -0.05) is 0 Å². The van der Waals surface area contributed by atoms with Gasteiger partial charge < -0.3 is 55.0 Å². The predicted octanol–water partition coefficient (Wildman–Crippen LogP) is -2.77. The topological polar surface area (TPSA) is 248 Å². The minimum absolute atomic E-state index is 0.123. The number of aliphatic hydroxyl groups is 2. The molecule has 1 rings (SSSR count). The Morgan fingerprint density at radius 2 is 1.55 bits per heavy atom. The Balaban J connectivity index is 2.80. The second kappa shape index (κ2) is 17.9. The summed E-state index contributed by atoms with van der Waals surface area (Å²) in [6, 6.07) is 0. The van der Waals surface area contributed by atoms with E-state index >= 15 is 0 Å². The molecule has 1 saturated heterocycles. The second-order valence-electron chi connectivity index (χ2n) is 8.70. The first-order chi connectivity index (χ1) is 18.8. The molecule has 1 aliphatic rings. The standard InChI is InChI=1S/C23H37N3O14/c1-12(28)35-10-17-21(39-14(3)30)20(38-13(2)29)16(7-18(24)32)22(40-17)36-11-19(33)25-5-4-6-26-23(34)37-9-15(31)8-27/h15-17,20-22,27,31H,4-11H2,1-3H3,(H2,24,32)(H,25,33)(H,26,34)/t15-,16-,17-,20-,21+,22-/m1/s1. The first kappa shape index (κ1) is 34.5. The maximum absolute atomic E-state index is 12.3. The first-order valence-electron chi connectivity index (χ1n) is 12.3. The number of amides is 3. The van der Waals surface area contributed by atoms with Gasteiger partial charge in [0.1, 0.15) is 38.1 Å². The summed E-state index contributed by atoms with van der Waals surface area (Å²) in [5, 5.41) is 22.7. The van der Waals surface area contributed by atoms with E-state index < -0.39 is 98.7 Å². The van der Waals surface area contributed by atoms with Crippen LogP contribution in [0.5, 0.6) is 0 Å². The summed E-state index contributed by atoms with van der Waals surface area (Å²) in [5.74, 6) is -4.72. The van der Waals surface area contributed by atoms with Crippen molar-refractivity contribution in [2.75, 3.05) is 39.5 Å². The van der Waals surface area contributed by atoms with Gasteiger partial charge in [-0.3, -0.25) is 24.0 Å². The monoisotopic (exact) mass is 579 g/mol. The van der Waals surface area contributed by atoms with Crippen molar-refractivity contribution in [2.24, 2.45) is 11.7 Å². The number of ether oxygens (including phenoxy) is 6. The van der Waals surface area contributed by atoms with Crippen molar-refractivity contribution in [3.63, 3.8) is 0 Å². The molecule has 0 spiro atoms. The van der Waals surface area contributed by atoms with Crippen LogP contribution in [0.4, 0.5) is 4.79 Å². The van der Waals surface area contributed by atoms with E-state index in [1.54, 1.807) is 0 Å². The molecule has 1 heterocycles. The number of carbonyl (C=O) groups excluding carboxylic acids is 6. The fraction of sp³-hybridized carbons (Fsp3) is 0.739. The minimum atomic E-state index is -1.36. The average molecular weight is 580 g/mol. The number of nitrogens with two attached hydrogens (primary N) is 1. The van der Waals surface area contributed by atoms with E-state index in [0.717, 1.165) is 20.8 Å². The van der Waals surface area contributed by atoms with Gasteiger partial charge in [-0.25, -0.2) is 4.79 Å². The van der Waals surface area contributed by atoms with E-state index in [-0.39, 0.29) is 19.7 Å². The molecule has 1 fully saturated rings. The lowest BCUT2D eigenvalue weighted by Crippen LogP contribution is -2.60. The molecule has 0 aromatic rings. The summed E-state index contributed by atoms with van der Waals surface area (Å²) < 4.78 is 31.6. The van der Waals surface area contributed by atoms with E-state index in [9.17, 15) is 28.8 Å². The Morgan fingerprint density at radius 3 is 2.12 bits per heavy atom. The number of hydrogen-bond acceptors (Lipinski definition) is 14. The van der Waals surface area contributed by atoms with Gasteiger partial charge in [-0.05, 0) is 6.42 Å². The number of nitrogens with one attached hydrogen (secondary N) is 2. The lowest BCUT2D eigenvalue weighted by Gasteiger charge is -2.44. The quantitative estimate of drug-likeness (QED) is 0.0706. The summed E-state index contributed by atoms with van der Waals surface area (Å²) in [6.07, 6.45) is -7.25. The highest BCUT2D eigenvalue weighted by molar-refractivity contribution is 5.77. The van der Waals surface area contributed by atoms with Crippen LogP contribution in [0.1, 0.15) is 33.6 Å². The minimum Gasteiger partial charge on any atom is -0.463 e. The summed E-state index contributed by atoms with van der Waals surface area (Å²) in [7, 11) is 0. The van der Waals surface area contributed by atoms with Gasteiger partial charge in [0, 0.05) is 40.3 Å².